The molecule has 0 amide bonds. The van der Waals surface area contributed by atoms with Crippen molar-refractivity contribution < 1.29 is 9.53 Å². The molecule has 1 atom stereocenters. The van der Waals surface area contributed by atoms with Gasteiger partial charge < -0.3 is 4.74 Å². The van der Waals surface area contributed by atoms with Gasteiger partial charge in [-0.2, -0.15) is 5.10 Å². The number of carbonyl (C=O) groups excluding carboxylic acids is 1. The fourth-order valence-corrected chi connectivity index (χ4v) is 2.23. The van der Waals surface area contributed by atoms with Gasteiger partial charge in [0.25, 0.3) is 0 Å². The van der Waals surface area contributed by atoms with Crippen LogP contribution in [-0.2, 0) is 4.74 Å². The van der Waals surface area contributed by atoms with Gasteiger partial charge in [-0.05, 0) is 31.5 Å². The largest absolute Gasteiger partial charge is 0.464 e. The molecular weight excluding hydrogens is 296 g/mol. The lowest BCUT2D eigenvalue weighted by Crippen LogP contribution is -2.08. The van der Waals surface area contributed by atoms with Gasteiger partial charge in [0.15, 0.2) is 5.69 Å². The van der Waals surface area contributed by atoms with Crippen LogP contribution in [-0.4, -0.2) is 22.9 Å². The SMILES string of the molecule is CC[C@@H](C)n1nc(C(=O)OC)c2cc(Br)ccc21. The molecule has 0 aliphatic heterocycles. The lowest BCUT2D eigenvalue weighted by molar-refractivity contribution is 0.0595. The van der Waals surface area contributed by atoms with Crippen molar-refractivity contribution >= 4 is 32.8 Å². The Balaban J connectivity index is 2.71. The summed E-state index contributed by atoms with van der Waals surface area (Å²) in [5.74, 6) is -0.403. The Morgan fingerprint density at radius 3 is 2.89 bits per heavy atom. The molecule has 0 saturated carbocycles. The highest BCUT2D eigenvalue weighted by Gasteiger charge is 2.19. The fourth-order valence-electron chi connectivity index (χ4n) is 1.87. The molecule has 96 valence electrons. The number of hydrogen-bond acceptors (Lipinski definition) is 3. The molecule has 1 heterocycles. The highest BCUT2D eigenvalue weighted by Crippen LogP contribution is 2.26. The van der Waals surface area contributed by atoms with Crippen molar-refractivity contribution in [2.45, 2.75) is 26.3 Å². The molecule has 1 aromatic carbocycles. The van der Waals surface area contributed by atoms with Gasteiger partial charge in [0.1, 0.15) is 0 Å². The molecule has 2 rings (SSSR count). The van der Waals surface area contributed by atoms with E-state index in [1.54, 1.807) is 0 Å². The zero-order valence-electron chi connectivity index (χ0n) is 10.6. The maximum atomic E-state index is 11.7. The molecule has 0 fully saturated rings. The molecule has 0 aliphatic carbocycles. The number of halogens is 1. The normalized spacial score (nSPS) is 12.7. The van der Waals surface area contributed by atoms with Crippen LogP contribution in [0.25, 0.3) is 10.9 Å². The van der Waals surface area contributed by atoms with Crippen molar-refractivity contribution in [3.05, 3.63) is 28.4 Å². The number of methoxy groups -OCH3 is 1. The molecule has 1 aromatic heterocycles. The summed E-state index contributed by atoms with van der Waals surface area (Å²) in [4.78, 5) is 11.7. The Morgan fingerprint density at radius 1 is 1.56 bits per heavy atom. The number of aromatic nitrogens is 2. The number of hydrogen-bond donors (Lipinski definition) is 0. The third-order valence-electron chi connectivity index (χ3n) is 3.06. The summed E-state index contributed by atoms with van der Waals surface area (Å²) in [5, 5.41) is 5.21. The Kier molecular flexibility index (Phi) is 3.71. The molecule has 0 aliphatic rings. The van der Waals surface area contributed by atoms with Crippen molar-refractivity contribution in [2.24, 2.45) is 0 Å². The summed E-state index contributed by atoms with van der Waals surface area (Å²) in [6, 6.07) is 6.05. The Morgan fingerprint density at radius 2 is 2.28 bits per heavy atom. The summed E-state index contributed by atoms with van der Waals surface area (Å²) in [6.07, 6.45) is 0.952. The second-order valence-electron chi connectivity index (χ2n) is 4.20. The van der Waals surface area contributed by atoms with Crippen LogP contribution in [0.15, 0.2) is 22.7 Å². The van der Waals surface area contributed by atoms with Crippen molar-refractivity contribution in [3.63, 3.8) is 0 Å². The average molecular weight is 311 g/mol. The molecule has 4 nitrogen and oxygen atoms in total. The van der Waals surface area contributed by atoms with Gasteiger partial charge in [0.05, 0.1) is 12.6 Å². The van der Waals surface area contributed by atoms with Gasteiger partial charge in [-0.3, -0.25) is 4.68 Å². The number of fused-ring (bicyclic) bond motifs is 1. The van der Waals surface area contributed by atoms with Gasteiger partial charge in [-0.25, -0.2) is 4.79 Å². The molecule has 18 heavy (non-hydrogen) atoms. The zero-order chi connectivity index (χ0) is 13.3. The van der Waals surface area contributed by atoms with Gasteiger partial charge in [0, 0.05) is 15.9 Å². The number of nitrogens with zero attached hydrogens (tertiary/aromatic N) is 2. The quantitative estimate of drug-likeness (QED) is 0.814. The standard InChI is InChI=1S/C13H15BrN2O2/c1-4-8(2)16-11-6-5-9(14)7-10(11)12(15-16)13(17)18-3/h5-8H,4H2,1-3H3/t8-/m1/s1. The van der Waals surface area contributed by atoms with E-state index >= 15 is 0 Å². The average Bonchev–Trinajstić information content (AvgIpc) is 2.75. The Labute approximate surface area is 114 Å². The minimum atomic E-state index is -0.403. The van der Waals surface area contributed by atoms with Crippen molar-refractivity contribution in [1.29, 1.82) is 0 Å². The topological polar surface area (TPSA) is 44.1 Å². The highest BCUT2D eigenvalue weighted by molar-refractivity contribution is 9.10. The molecular formula is C13H15BrN2O2. The van der Waals surface area contributed by atoms with Crippen LogP contribution in [0.3, 0.4) is 0 Å². The number of ether oxygens (including phenoxy) is 1. The Hall–Kier alpha value is -1.36. The van der Waals surface area contributed by atoms with Gasteiger partial charge in [-0.1, -0.05) is 22.9 Å². The second kappa shape index (κ2) is 5.10. The van der Waals surface area contributed by atoms with Gasteiger partial charge in [-0.15, -0.1) is 0 Å². The van der Waals surface area contributed by atoms with Crippen molar-refractivity contribution in [1.82, 2.24) is 9.78 Å². The fraction of sp³-hybridized carbons (Fsp3) is 0.385. The molecule has 0 N–H and O–H groups in total. The van der Waals surface area contributed by atoms with E-state index in [9.17, 15) is 4.79 Å². The van der Waals surface area contributed by atoms with E-state index in [2.05, 4.69) is 34.9 Å². The molecule has 0 unspecified atom stereocenters. The maximum absolute atomic E-state index is 11.7. The van der Waals surface area contributed by atoms with Crippen LogP contribution in [0.1, 0.15) is 36.8 Å². The van der Waals surface area contributed by atoms with E-state index in [1.165, 1.54) is 7.11 Å². The minimum Gasteiger partial charge on any atom is -0.464 e. The molecule has 0 bridgehead atoms. The first-order valence-corrected chi connectivity index (χ1v) is 6.63. The van der Waals surface area contributed by atoms with Crippen molar-refractivity contribution in [2.75, 3.05) is 7.11 Å². The van der Waals surface area contributed by atoms with E-state index in [0.29, 0.717) is 5.69 Å². The number of rotatable bonds is 3. The van der Waals surface area contributed by atoms with E-state index in [-0.39, 0.29) is 6.04 Å². The monoisotopic (exact) mass is 310 g/mol. The molecule has 0 radical (unpaired) electrons. The summed E-state index contributed by atoms with van der Waals surface area (Å²) in [5.41, 5.74) is 1.32. The Bertz CT molecular complexity index is 592. The summed E-state index contributed by atoms with van der Waals surface area (Å²) >= 11 is 3.41. The van der Waals surface area contributed by atoms with Gasteiger partial charge in [0.2, 0.25) is 0 Å². The third-order valence-corrected chi connectivity index (χ3v) is 3.55. The maximum Gasteiger partial charge on any atom is 0.359 e. The van der Waals surface area contributed by atoms with Crippen LogP contribution in [0.4, 0.5) is 0 Å². The number of carbonyl (C=O) groups is 1. The first-order chi connectivity index (χ1) is 8.58. The van der Waals surface area contributed by atoms with Gasteiger partial charge >= 0.3 is 5.97 Å². The first-order valence-electron chi connectivity index (χ1n) is 5.84. The van der Waals surface area contributed by atoms with Crippen LogP contribution < -0.4 is 0 Å². The van der Waals surface area contributed by atoms with Crippen LogP contribution in [0.2, 0.25) is 0 Å². The van der Waals surface area contributed by atoms with Crippen LogP contribution in [0, 0.1) is 0 Å². The van der Waals surface area contributed by atoms with E-state index in [0.717, 1.165) is 21.8 Å². The van der Waals surface area contributed by atoms with Crippen LogP contribution in [0.5, 0.6) is 0 Å². The van der Waals surface area contributed by atoms with E-state index in [4.69, 9.17) is 4.74 Å². The summed E-state index contributed by atoms with van der Waals surface area (Å²) in [7, 11) is 1.37. The molecule has 5 heteroatoms. The third kappa shape index (κ3) is 2.14. The van der Waals surface area contributed by atoms with Crippen molar-refractivity contribution in [3.8, 4) is 0 Å². The lowest BCUT2D eigenvalue weighted by Gasteiger charge is -2.10. The summed E-state index contributed by atoms with van der Waals surface area (Å²) < 4.78 is 7.58. The predicted molar refractivity (Wildman–Crippen MR) is 73.8 cm³/mol. The highest BCUT2D eigenvalue weighted by atomic mass is 79.9. The molecule has 2 aromatic rings. The van der Waals surface area contributed by atoms with E-state index < -0.39 is 5.97 Å². The smallest absolute Gasteiger partial charge is 0.359 e. The zero-order valence-corrected chi connectivity index (χ0v) is 12.2. The lowest BCUT2D eigenvalue weighted by atomic mass is 10.2. The van der Waals surface area contributed by atoms with Crippen LogP contribution >= 0.6 is 15.9 Å². The summed E-state index contributed by atoms with van der Waals surface area (Å²) in [6.45, 7) is 4.17. The predicted octanol–water partition coefficient (Wildman–Crippen LogP) is 3.56. The molecule has 0 spiro atoms. The number of esters is 1. The second-order valence-corrected chi connectivity index (χ2v) is 5.12. The number of benzene rings is 1. The minimum absolute atomic E-state index is 0.243. The van der Waals surface area contributed by atoms with E-state index in [1.807, 2.05) is 22.9 Å². The molecule has 0 saturated heterocycles. The first kappa shape index (κ1) is 13.1.